The number of nitrogens with zero attached hydrogens (tertiary/aromatic N) is 1. The second-order valence-electron chi connectivity index (χ2n) is 4.38. The van der Waals surface area contributed by atoms with E-state index in [0.717, 1.165) is 12.8 Å². The molecule has 1 heterocycles. The number of halogens is 4. The first kappa shape index (κ1) is 15.7. The van der Waals surface area contributed by atoms with Crippen molar-refractivity contribution in [3.05, 3.63) is 0 Å². The van der Waals surface area contributed by atoms with Crippen LogP contribution >= 0.6 is 0 Å². The lowest BCUT2D eigenvalue weighted by Crippen LogP contribution is -2.51. The molecule has 1 rings (SSSR count). The van der Waals surface area contributed by atoms with E-state index in [-0.39, 0.29) is 0 Å². The second-order valence-corrected chi connectivity index (χ2v) is 4.38. The van der Waals surface area contributed by atoms with Gasteiger partial charge in [0.25, 0.3) is 0 Å². The Morgan fingerprint density at radius 3 is 1.75 bits per heavy atom. The van der Waals surface area contributed by atoms with Gasteiger partial charge >= 0.3 is 7.25 Å². The minimum absolute atomic E-state index is 0.720. The van der Waals surface area contributed by atoms with Gasteiger partial charge in [-0.2, -0.15) is 0 Å². The quantitative estimate of drug-likeness (QED) is 0.422. The predicted octanol–water partition coefficient (Wildman–Crippen LogP) is 2.91. The first-order valence-electron chi connectivity index (χ1n) is 5.43. The van der Waals surface area contributed by atoms with Gasteiger partial charge in [0.1, 0.15) is 0 Å². The predicted molar refractivity (Wildman–Crippen MR) is 56.4 cm³/mol. The molecule has 0 aromatic rings. The van der Waals surface area contributed by atoms with Crippen LogP contribution in [0, 0.1) is 0 Å². The summed E-state index contributed by atoms with van der Waals surface area (Å²) in [5.41, 5.74) is 0. The van der Waals surface area contributed by atoms with E-state index in [1.165, 1.54) is 30.4 Å². The fraction of sp³-hybridized carbons (Fsp3) is 1.00. The summed E-state index contributed by atoms with van der Waals surface area (Å²) in [5, 5.41) is 0. The van der Waals surface area contributed by atoms with Gasteiger partial charge in [-0.15, -0.1) is 0 Å². The third-order valence-electron chi connectivity index (χ3n) is 2.94. The molecule has 0 saturated carbocycles. The molecule has 2 nitrogen and oxygen atoms in total. The van der Waals surface area contributed by atoms with Crippen molar-refractivity contribution in [3.63, 3.8) is 0 Å². The number of quaternary nitrogens is 1. The molecule has 0 radical (unpaired) electrons. The van der Waals surface area contributed by atoms with Crippen molar-refractivity contribution in [2.24, 2.45) is 0 Å². The third-order valence-corrected chi connectivity index (χ3v) is 2.94. The van der Waals surface area contributed by atoms with Crippen LogP contribution in [-0.4, -0.2) is 44.7 Å². The van der Waals surface area contributed by atoms with E-state index < -0.39 is 7.25 Å². The van der Waals surface area contributed by atoms with Gasteiger partial charge in [-0.3, -0.25) is 4.48 Å². The fourth-order valence-electron chi connectivity index (χ4n) is 2.02. The van der Waals surface area contributed by atoms with Crippen molar-refractivity contribution in [1.29, 1.82) is 0 Å². The van der Waals surface area contributed by atoms with E-state index in [2.05, 4.69) is 13.8 Å². The Hall–Kier alpha value is -0.295. The highest BCUT2D eigenvalue weighted by atomic mass is 19.5. The third kappa shape index (κ3) is 6.32. The Balaban J connectivity index is 0.000000385. The summed E-state index contributed by atoms with van der Waals surface area (Å²) in [7, 11) is -4.19. The lowest BCUT2D eigenvalue weighted by Gasteiger charge is -2.37. The number of hydrogen-bond acceptors (Lipinski definition) is 1. The Labute approximate surface area is 94.3 Å². The monoisotopic (exact) mass is 245 g/mol. The van der Waals surface area contributed by atoms with Crippen LogP contribution in [0.25, 0.3) is 0 Å². The first-order valence-corrected chi connectivity index (χ1v) is 5.43. The molecule has 0 spiro atoms. The summed E-state index contributed by atoms with van der Waals surface area (Å²) >= 11 is 0. The number of likely N-dealkylation sites (tertiary alicyclic amines) is 1. The van der Waals surface area contributed by atoms with Gasteiger partial charge in [0.15, 0.2) is 6.73 Å². The fourth-order valence-corrected chi connectivity index (χ4v) is 2.02. The van der Waals surface area contributed by atoms with Crippen molar-refractivity contribution in [3.8, 4) is 0 Å². The van der Waals surface area contributed by atoms with Crippen molar-refractivity contribution in [2.45, 2.75) is 32.7 Å². The Morgan fingerprint density at radius 1 is 1.12 bits per heavy atom. The molecule has 0 aromatic heterocycles. The summed E-state index contributed by atoms with van der Waals surface area (Å²) in [6.07, 6.45) is 2.75. The van der Waals surface area contributed by atoms with Gasteiger partial charge in [-0.25, -0.2) is 0 Å². The summed E-state index contributed by atoms with van der Waals surface area (Å²) in [5.74, 6) is 0. The van der Waals surface area contributed by atoms with Crippen molar-refractivity contribution < 1.29 is 26.5 Å². The summed E-state index contributed by atoms with van der Waals surface area (Å²) in [6, 6.07) is 0.720. The zero-order chi connectivity index (χ0) is 12.8. The molecule has 1 saturated heterocycles. The Bertz CT molecular complexity index is 186. The van der Waals surface area contributed by atoms with Gasteiger partial charge in [0, 0.05) is 20.0 Å². The maximum atomic E-state index is 9.75. The molecule has 16 heavy (non-hydrogen) atoms. The van der Waals surface area contributed by atoms with Crippen LogP contribution in [0.4, 0.5) is 17.3 Å². The van der Waals surface area contributed by atoms with E-state index in [4.69, 9.17) is 4.74 Å². The number of methoxy groups -OCH3 is 1. The maximum Gasteiger partial charge on any atom is 0.673 e. The molecular weight excluding hydrogens is 225 g/mol. The minimum atomic E-state index is -6.00. The van der Waals surface area contributed by atoms with Crippen LogP contribution in [0.3, 0.4) is 0 Å². The van der Waals surface area contributed by atoms with E-state index in [9.17, 15) is 17.3 Å². The topological polar surface area (TPSA) is 9.23 Å². The molecule has 1 fully saturated rings. The van der Waals surface area contributed by atoms with Crippen LogP contribution in [0.5, 0.6) is 0 Å². The van der Waals surface area contributed by atoms with Crippen LogP contribution < -0.4 is 0 Å². The van der Waals surface area contributed by atoms with Gasteiger partial charge in [-0.05, 0) is 13.8 Å². The molecule has 0 atom stereocenters. The van der Waals surface area contributed by atoms with Crippen molar-refractivity contribution in [2.75, 3.05) is 26.9 Å². The molecule has 98 valence electrons. The average molecular weight is 245 g/mol. The van der Waals surface area contributed by atoms with Crippen LogP contribution in [0.1, 0.15) is 26.7 Å². The van der Waals surface area contributed by atoms with Crippen molar-refractivity contribution >= 4 is 7.25 Å². The van der Waals surface area contributed by atoms with E-state index in [0.29, 0.717) is 0 Å². The summed E-state index contributed by atoms with van der Waals surface area (Å²) < 4.78 is 45.4. The number of hydrogen-bond donors (Lipinski definition) is 0. The van der Waals surface area contributed by atoms with Gasteiger partial charge in [0.05, 0.1) is 19.1 Å². The van der Waals surface area contributed by atoms with Crippen LogP contribution in [-0.2, 0) is 4.74 Å². The van der Waals surface area contributed by atoms with E-state index >= 15 is 0 Å². The number of rotatable bonds is 3. The highest BCUT2D eigenvalue weighted by Crippen LogP contribution is 2.22. The number of ether oxygens (including phenoxy) is 1. The Kier molecular flexibility index (Phi) is 6.32. The molecule has 1 aliphatic heterocycles. The summed E-state index contributed by atoms with van der Waals surface area (Å²) in [6.45, 7) is 8.11. The highest BCUT2D eigenvalue weighted by molar-refractivity contribution is 6.50. The highest BCUT2D eigenvalue weighted by Gasteiger charge is 2.34. The molecule has 0 aliphatic carbocycles. The maximum absolute atomic E-state index is 9.75. The van der Waals surface area contributed by atoms with E-state index in [1.54, 1.807) is 7.11 Å². The SMILES string of the molecule is COC[N+]1(C(C)C)CCCC1.F[B-](F)(F)F. The van der Waals surface area contributed by atoms with Crippen LogP contribution in [0.2, 0.25) is 0 Å². The van der Waals surface area contributed by atoms with E-state index in [1.807, 2.05) is 0 Å². The molecule has 0 unspecified atom stereocenters. The van der Waals surface area contributed by atoms with Crippen molar-refractivity contribution in [1.82, 2.24) is 0 Å². The van der Waals surface area contributed by atoms with Gasteiger partial charge in [0.2, 0.25) is 0 Å². The molecule has 0 bridgehead atoms. The molecule has 0 amide bonds. The molecule has 7 heteroatoms. The normalized spacial score (nSPS) is 19.5. The molecule has 0 N–H and O–H groups in total. The van der Waals surface area contributed by atoms with Gasteiger partial charge < -0.3 is 22.0 Å². The lowest BCUT2D eigenvalue weighted by atomic mass is 10.3. The van der Waals surface area contributed by atoms with Crippen LogP contribution in [0.15, 0.2) is 0 Å². The lowest BCUT2D eigenvalue weighted by molar-refractivity contribution is -0.953. The van der Waals surface area contributed by atoms with Gasteiger partial charge in [-0.1, -0.05) is 0 Å². The zero-order valence-electron chi connectivity index (χ0n) is 10.1. The second kappa shape index (κ2) is 6.44. The smallest absolute Gasteiger partial charge is 0.418 e. The largest absolute Gasteiger partial charge is 0.673 e. The first-order chi connectivity index (χ1) is 7.21. The molecular formula is C9H20BF4NO. The molecule has 0 aromatic carbocycles. The standard InChI is InChI=1S/C9H20NO.BF4/c1-9(2)10(8-11-3)6-4-5-7-10;2-1(3,4)5/h9H,4-8H2,1-3H3;/q+1;-1. The average Bonchev–Trinajstić information content (AvgIpc) is 2.51. The minimum Gasteiger partial charge on any atom is -0.418 e. The molecule has 1 aliphatic rings. The zero-order valence-corrected chi connectivity index (χ0v) is 10.1. The Morgan fingerprint density at radius 2 is 1.50 bits per heavy atom. The summed E-state index contributed by atoms with van der Waals surface area (Å²) in [4.78, 5) is 0.